The average molecular weight is 285 g/mol. The highest BCUT2D eigenvalue weighted by atomic mass is 16.4. The minimum atomic E-state index is -1.17. The number of nitrogens with one attached hydrogen (secondary N) is 1. The summed E-state index contributed by atoms with van der Waals surface area (Å²) in [5.74, 6) is 0.525. The fourth-order valence-corrected chi connectivity index (χ4v) is 1.60. The van der Waals surface area contributed by atoms with E-state index in [0.29, 0.717) is 11.3 Å². The number of amides is 1. The molecule has 0 radical (unpaired) electrons. The Labute approximate surface area is 119 Å². The first-order valence-electron chi connectivity index (χ1n) is 5.92. The molecule has 0 aliphatic rings. The predicted octanol–water partition coefficient (Wildman–Crippen LogP) is -0.131. The van der Waals surface area contributed by atoms with Gasteiger partial charge in [-0.2, -0.15) is 0 Å². The molecule has 2 N–H and O–H groups in total. The Morgan fingerprint density at radius 1 is 1.38 bits per heavy atom. The molecular formula is C13H11N5O3. The van der Waals surface area contributed by atoms with Crippen molar-refractivity contribution in [1.29, 1.82) is 0 Å². The molecule has 0 fully saturated rings. The second-order valence-corrected chi connectivity index (χ2v) is 4.07. The summed E-state index contributed by atoms with van der Waals surface area (Å²) in [5, 5.41) is 22.0. The molecule has 0 aliphatic heterocycles. The van der Waals surface area contributed by atoms with Gasteiger partial charge < -0.3 is 10.4 Å². The third-order valence-electron chi connectivity index (χ3n) is 2.67. The van der Waals surface area contributed by atoms with Crippen molar-refractivity contribution in [3.05, 3.63) is 36.2 Å². The van der Waals surface area contributed by atoms with E-state index < -0.39 is 17.9 Å². The molecule has 2 aromatic rings. The molecule has 1 atom stereocenters. The van der Waals surface area contributed by atoms with E-state index in [1.165, 1.54) is 11.0 Å². The Balaban J connectivity index is 2.10. The van der Waals surface area contributed by atoms with Gasteiger partial charge in [0.05, 0.1) is 5.69 Å². The van der Waals surface area contributed by atoms with E-state index in [1.807, 2.05) is 0 Å². The molecule has 0 aliphatic carbocycles. The van der Waals surface area contributed by atoms with Crippen LogP contribution in [-0.2, 0) is 4.79 Å². The number of carboxylic acid groups (broad SMARTS) is 1. The number of terminal acetylenes is 1. The van der Waals surface area contributed by atoms with Gasteiger partial charge in [-0.15, -0.1) is 17.4 Å². The van der Waals surface area contributed by atoms with Crippen LogP contribution in [0.4, 0.5) is 0 Å². The molecule has 1 heterocycles. The summed E-state index contributed by atoms with van der Waals surface area (Å²) in [6.45, 7) is 0. The summed E-state index contributed by atoms with van der Waals surface area (Å²) >= 11 is 0. The lowest BCUT2D eigenvalue weighted by atomic mass is 10.1. The van der Waals surface area contributed by atoms with Gasteiger partial charge in [-0.1, -0.05) is 0 Å². The maximum Gasteiger partial charge on any atom is 0.327 e. The first kappa shape index (κ1) is 14.2. The smallest absolute Gasteiger partial charge is 0.327 e. The van der Waals surface area contributed by atoms with E-state index in [2.05, 4.69) is 26.8 Å². The Kier molecular flexibility index (Phi) is 4.26. The Hall–Kier alpha value is -3.21. The van der Waals surface area contributed by atoms with Crippen LogP contribution in [0, 0.1) is 12.3 Å². The van der Waals surface area contributed by atoms with Crippen molar-refractivity contribution < 1.29 is 14.7 Å². The maximum atomic E-state index is 11.9. The van der Waals surface area contributed by atoms with Crippen LogP contribution in [0.3, 0.4) is 0 Å². The minimum Gasteiger partial charge on any atom is -0.480 e. The largest absolute Gasteiger partial charge is 0.480 e. The van der Waals surface area contributed by atoms with Crippen molar-refractivity contribution in [2.24, 2.45) is 0 Å². The normalized spacial score (nSPS) is 11.4. The van der Waals surface area contributed by atoms with Gasteiger partial charge in [-0.05, 0) is 34.7 Å². The molecule has 1 unspecified atom stereocenters. The van der Waals surface area contributed by atoms with Crippen molar-refractivity contribution in [2.45, 2.75) is 12.5 Å². The lowest BCUT2D eigenvalue weighted by Crippen LogP contribution is -2.40. The SMILES string of the molecule is C#CCC(NC(=O)c1ccc(-n2cnnn2)cc1)C(=O)O. The second kappa shape index (κ2) is 6.29. The van der Waals surface area contributed by atoms with E-state index in [4.69, 9.17) is 11.5 Å². The number of carbonyl (C=O) groups excluding carboxylic acids is 1. The number of hydrogen-bond acceptors (Lipinski definition) is 5. The molecule has 8 heteroatoms. The van der Waals surface area contributed by atoms with E-state index >= 15 is 0 Å². The zero-order valence-corrected chi connectivity index (χ0v) is 10.8. The van der Waals surface area contributed by atoms with Gasteiger partial charge in [0.1, 0.15) is 12.4 Å². The lowest BCUT2D eigenvalue weighted by Gasteiger charge is -2.11. The summed E-state index contributed by atoms with van der Waals surface area (Å²) < 4.78 is 1.43. The number of hydrogen-bond donors (Lipinski definition) is 2. The third kappa shape index (κ3) is 3.42. The highest BCUT2D eigenvalue weighted by Crippen LogP contribution is 2.08. The van der Waals surface area contributed by atoms with E-state index in [9.17, 15) is 9.59 Å². The van der Waals surface area contributed by atoms with Gasteiger partial charge in [-0.25, -0.2) is 9.48 Å². The van der Waals surface area contributed by atoms with E-state index in [0.717, 1.165) is 0 Å². The number of nitrogens with zero attached hydrogens (tertiary/aromatic N) is 4. The minimum absolute atomic E-state index is 0.0796. The molecular weight excluding hydrogens is 274 g/mol. The van der Waals surface area contributed by atoms with Crippen LogP contribution in [0.1, 0.15) is 16.8 Å². The summed E-state index contributed by atoms with van der Waals surface area (Å²) in [6, 6.07) is 5.26. The summed E-state index contributed by atoms with van der Waals surface area (Å²) in [7, 11) is 0. The summed E-state index contributed by atoms with van der Waals surface area (Å²) in [6.07, 6.45) is 6.41. The number of aliphatic carboxylic acids is 1. The number of aromatic nitrogens is 4. The van der Waals surface area contributed by atoms with Gasteiger partial charge in [0.15, 0.2) is 0 Å². The molecule has 0 bridgehead atoms. The Morgan fingerprint density at radius 3 is 2.62 bits per heavy atom. The number of rotatable bonds is 5. The van der Waals surface area contributed by atoms with Crippen LogP contribution in [0.25, 0.3) is 5.69 Å². The molecule has 1 aromatic heterocycles. The van der Waals surface area contributed by atoms with Crippen molar-refractivity contribution >= 4 is 11.9 Å². The molecule has 0 saturated carbocycles. The van der Waals surface area contributed by atoms with Gasteiger partial charge in [0, 0.05) is 12.0 Å². The predicted molar refractivity (Wildman–Crippen MR) is 71.5 cm³/mol. The van der Waals surface area contributed by atoms with Crippen molar-refractivity contribution in [1.82, 2.24) is 25.5 Å². The highest BCUT2D eigenvalue weighted by Gasteiger charge is 2.19. The van der Waals surface area contributed by atoms with Crippen molar-refractivity contribution in [3.63, 3.8) is 0 Å². The number of carbonyl (C=O) groups is 2. The number of carboxylic acids is 1. The Bertz CT molecular complexity index is 673. The standard InChI is InChI=1S/C13H11N5O3/c1-2-3-11(13(20)21)15-12(19)9-4-6-10(7-5-9)18-8-14-16-17-18/h1,4-8,11H,3H2,(H,15,19)(H,20,21). The average Bonchev–Trinajstić information content (AvgIpc) is 3.01. The van der Waals surface area contributed by atoms with Gasteiger partial charge in [0.25, 0.3) is 5.91 Å². The van der Waals surface area contributed by atoms with Crippen LogP contribution in [-0.4, -0.2) is 43.2 Å². The molecule has 21 heavy (non-hydrogen) atoms. The van der Waals surface area contributed by atoms with Crippen LogP contribution in [0.2, 0.25) is 0 Å². The number of tetrazole rings is 1. The van der Waals surface area contributed by atoms with Crippen LogP contribution >= 0.6 is 0 Å². The zero-order chi connectivity index (χ0) is 15.2. The van der Waals surface area contributed by atoms with Crippen LogP contribution in [0.5, 0.6) is 0 Å². The van der Waals surface area contributed by atoms with E-state index in [1.54, 1.807) is 24.3 Å². The first-order chi connectivity index (χ1) is 10.1. The summed E-state index contributed by atoms with van der Waals surface area (Å²) in [5.41, 5.74) is 0.991. The van der Waals surface area contributed by atoms with Crippen LogP contribution < -0.4 is 5.32 Å². The fraction of sp³-hybridized carbons (Fsp3) is 0.154. The number of benzene rings is 1. The molecule has 0 saturated heterocycles. The summed E-state index contributed by atoms with van der Waals surface area (Å²) in [4.78, 5) is 22.9. The van der Waals surface area contributed by atoms with Crippen molar-refractivity contribution in [3.8, 4) is 18.0 Å². The first-order valence-corrected chi connectivity index (χ1v) is 5.92. The van der Waals surface area contributed by atoms with E-state index in [-0.39, 0.29) is 6.42 Å². The fourth-order valence-electron chi connectivity index (χ4n) is 1.60. The highest BCUT2D eigenvalue weighted by molar-refractivity contribution is 5.96. The topological polar surface area (TPSA) is 110 Å². The quantitative estimate of drug-likeness (QED) is 0.740. The lowest BCUT2D eigenvalue weighted by molar-refractivity contribution is -0.139. The molecule has 0 spiro atoms. The molecule has 1 amide bonds. The zero-order valence-electron chi connectivity index (χ0n) is 10.8. The Morgan fingerprint density at radius 2 is 2.10 bits per heavy atom. The third-order valence-corrected chi connectivity index (χ3v) is 2.67. The van der Waals surface area contributed by atoms with Gasteiger partial charge >= 0.3 is 5.97 Å². The monoisotopic (exact) mass is 285 g/mol. The van der Waals surface area contributed by atoms with Crippen molar-refractivity contribution in [2.75, 3.05) is 0 Å². The second-order valence-electron chi connectivity index (χ2n) is 4.07. The maximum absolute atomic E-state index is 11.9. The van der Waals surface area contributed by atoms with Crippen LogP contribution in [0.15, 0.2) is 30.6 Å². The molecule has 2 rings (SSSR count). The van der Waals surface area contributed by atoms with Gasteiger partial charge in [0.2, 0.25) is 0 Å². The van der Waals surface area contributed by atoms with Gasteiger partial charge in [-0.3, -0.25) is 4.79 Å². The molecule has 106 valence electrons. The molecule has 8 nitrogen and oxygen atoms in total. The molecule has 1 aromatic carbocycles.